The summed E-state index contributed by atoms with van der Waals surface area (Å²) in [6.07, 6.45) is 1.89. The van der Waals surface area contributed by atoms with E-state index in [4.69, 9.17) is 28.4 Å². The van der Waals surface area contributed by atoms with Gasteiger partial charge in [-0.2, -0.15) is 0 Å². The predicted octanol–water partition coefficient (Wildman–Crippen LogP) is 5.47. The zero-order valence-corrected chi connectivity index (χ0v) is 25.6. The number of methoxy groups -OCH3 is 3. The molecule has 0 N–H and O–H groups in total. The Labute approximate surface area is 226 Å². The van der Waals surface area contributed by atoms with Gasteiger partial charge in [0.25, 0.3) is 0 Å². The van der Waals surface area contributed by atoms with E-state index in [1.165, 1.54) is 11.1 Å². The van der Waals surface area contributed by atoms with E-state index in [0.717, 1.165) is 35.7 Å². The zero-order valence-electron chi connectivity index (χ0n) is 23.3. The summed E-state index contributed by atoms with van der Waals surface area (Å²) in [5.41, 5.74) is 2.61. The van der Waals surface area contributed by atoms with Crippen molar-refractivity contribution < 1.29 is 28.4 Å². The average Bonchev–Trinajstić information content (AvgIpc) is 2.94. The van der Waals surface area contributed by atoms with Crippen molar-refractivity contribution in [1.29, 1.82) is 0 Å². The van der Waals surface area contributed by atoms with Gasteiger partial charge in [0, 0.05) is 0 Å². The first-order valence-corrected chi connectivity index (χ1v) is 18.6. The summed E-state index contributed by atoms with van der Waals surface area (Å²) in [6.45, 7) is 7.53. The van der Waals surface area contributed by atoms with Gasteiger partial charge in [0.15, 0.2) is 0 Å². The Balaban J connectivity index is 2.64. The largest absolute Gasteiger partial charge is 0.500 e. The third-order valence-corrected chi connectivity index (χ3v) is 17.9. The molecule has 2 aromatic rings. The van der Waals surface area contributed by atoms with Crippen molar-refractivity contribution in [3.8, 4) is 0 Å². The lowest BCUT2D eigenvalue weighted by Crippen LogP contribution is -2.43. The number of benzene rings is 2. The van der Waals surface area contributed by atoms with Gasteiger partial charge in [-0.1, -0.05) is 72.8 Å². The minimum absolute atomic E-state index is 0.453. The molecule has 0 fully saturated rings. The maximum atomic E-state index is 6.40. The molecular formula is C29H44O6Si2. The first-order valence-electron chi connectivity index (χ1n) is 13.2. The summed E-state index contributed by atoms with van der Waals surface area (Å²) < 4.78 is 35.9. The van der Waals surface area contributed by atoms with Crippen LogP contribution in [-0.2, 0) is 41.3 Å². The van der Waals surface area contributed by atoms with Crippen molar-refractivity contribution >= 4 is 16.6 Å². The maximum absolute atomic E-state index is 6.40. The molecule has 0 saturated heterocycles. The van der Waals surface area contributed by atoms with Crippen LogP contribution >= 0.6 is 0 Å². The molecule has 37 heavy (non-hydrogen) atoms. The van der Waals surface area contributed by atoms with Crippen LogP contribution in [0.1, 0.15) is 31.9 Å². The van der Waals surface area contributed by atoms with Crippen LogP contribution in [0.2, 0.25) is 12.1 Å². The highest BCUT2D eigenvalue weighted by Gasteiger charge is 2.39. The van der Waals surface area contributed by atoms with Crippen LogP contribution in [0.4, 0.5) is 0 Å². The number of ether oxygens (including phenoxy) is 6. The monoisotopic (exact) mass is 544 g/mol. The van der Waals surface area contributed by atoms with Crippen LogP contribution in [0.5, 0.6) is 0 Å². The molecule has 6 nitrogen and oxygen atoms in total. The van der Waals surface area contributed by atoms with Crippen molar-refractivity contribution in [2.45, 2.75) is 45.7 Å². The molecule has 2 aromatic carbocycles. The summed E-state index contributed by atoms with van der Waals surface area (Å²) in [5.74, 6) is 0.982. The predicted molar refractivity (Wildman–Crippen MR) is 154 cm³/mol. The Kier molecular flexibility index (Phi) is 14.4. The molecule has 8 heteroatoms. The van der Waals surface area contributed by atoms with Crippen LogP contribution in [0.15, 0.2) is 83.3 Å². The average molecular weight is 545 g/mol. The SMILES string of the molecule is CCOC(OCC)=C(OCC)[SiH](CCc1ccccc1)[SiH](CCc1ccccc1)C(OC)=C(OC)OC. The maximum Gasteiger partial charge on any atom is 0.312 e. The van der Waals surface area contributed by atoms with E-state index in [1.54, 1.807) is 21.3 Å². The molecule has 0 amide bonds. The molecule has 0 aromatic heterocycles. The minimum Gasteiger partial charge on any atom is -0.500 e. The van der Waals surface area contributed by atoms with Crippen LogP contribution in [0.25, 0.3) is 0 Å². The molecular weight excluding hydrogens is 500 g/mol. The molecule has 0 aliphatic carbocycles. The highest BCUT2D eigenvalue weighted by Crippen LogP contribution is 2.28. The summed E-state index contributed by atoms with van der Waals surface area (Å²) in [5, 5.41) is 1.74. The summed E-state index contributed by atoms with van der Waals surface area (Å²) in [4.78, 5) is 0. The van der Waals surface area contributed by atoms with Gasteiger partial charge < -0.3 is 28.4 Å². The highest BCUT2D eigenvalue weighted by atomic mass is 29.2. The second-order valence-corrected chi connectivity index (χ2v) is 17.9. The molecule has 0 saturated carbocycles. The molecule has 2 rings (SSSR count). The van der Waals surface area contributed by atoms with E-state index in [-0.39, 0.29) is 0 Å². The van der Waals surface area contributed by atoms with Gasteiger partial charge in [0.2, 0.25) is 0 Å². The lowest BCUT2D eigenvalue weighted by Gasteiger charge is -2.29. The fourth-order valence-electron chi connectivity index (χ4n) is 4.55. The quantitative estimate of drug-likeness (QED) is 0.183. The smallest absolute Gasteiger partial charge is 0.312 e. The van der Waals surface area contributed by atoms with E-state index < -0.39 is 16.6 Å². The number of aryl methyl sites for hydroxylation is 2. The summed E-state index contributed by atoms with van der Waals surface area (Å²) in [7, 11) is 1.25. The minimum atomic E-state index is -1.87. The lowest BCUT2D eigenvalue weighted by molar-refractivity contribution is 0.0282. The first-order chi connectivity index (χ1) is 18.1. The molecule has 0 radical (unpaired) electrons. The molecule has 204 valence electrons. The molecule has 2 unspecified atom stereocenters. The van der Waals surface area contributed by atoms with Gasteiger partial charge in [-0.05, 0) is 44.7 Å². The van der Waals surface area contributed by atoms with Gasteiger partial charge in [-0.15, -0.1) is 0 Å². The second-order valence-electron chi connectivity index (χ2n) is 8.48. The van der Waals surface area contributed by atoms with Crippen molar-refractivity contribution in [3.05, 3.63) is 94.4 Å². The number of hydrogen-bond donors (Lipinski definition) is 0. The molecule has 0 spiro atoms. The van der Waals surface area contributed by atoms with E-state index in [2.05, 4.69) is 60.7 Å². The fraction of sp³-hybridized carbons (Fsp3) is 0.448. The van der Waals surface area contributed by atoms with Crippen LogP contribution in [-0.4, -0.2) is 57.8 Å². The van der Waals surface area contributed by atoms with Crippen molar-refractivity contribution in [1.82, 2.24) is 0 Å². The molecule has 0 aliphatic heterocycles. The Morgan fingerprint density at radius 1 is 0.541 bits per heavy atom. The molecule has 0 aliphatic rings. The van der Waals surface area contributed by atoms with E-state index in [1.807, 2.05) is 20.8 Å². The van der Waals surface area contributed by atoms with Crippen LogP contribution in [0.3, 0.4) is 0 Å². The summed E-state index contributed by atoms with van der Waals surface area (Å²) >= 11 is 0. The van der Waals surface area contributed by atoms with Gasteiger partial charge in [-0.3, -0.25) is 0 Å². The Morgan fingerprint density at radius 2 is 0.973 bits per heavy atom. The Hall–Kier alpha value is -2.85. The summed E-state index contributed by atoms with van der Waals surface area (Å²) in [6, 6.07) is 23.2. The second kappa shape index (κ2) is 17.6. The van der Waals surface area contributed by atoms with Crippen molar-refractivity contribution in [3.63, 3.8) is 0 Å². The van der Waals surface area contributed by atoms with E-state index in [9.17, 15) is 0 Å². The van der Waals surface area contributed by atoms with E-state index >= 15 is 0 Å². The van der Waals surface area contributed by atoms with Crippen molar-refractivity contribution in [2.75, 3.05) is 41.2 Å². The Morgan fingerprint density at radius 3 is 1.35 bits per heavy atom. The van der Waals surface area contributed by atoms with Crippen LogP contribution in [0, 0.1) is 0 Å². The fourth-order valence-corrected chi connectivity index (χ4v) is 16.7. The third-order valence-electron chi connectivity index (χ3n) is 6.18. The standard InChI is InChI=1S/C29H44O6Si2/c1-7-33-27(34-8-2)29(35-9-3)37(23-21-25-18-14-11-15-19-25)36(28(32-6)26(30-4)31-5)22-20-24-16-12-10-13-17-24/h10-19,36-37H,7-9,20-23H2,1-6H3. The molecule has 0 heterocycles. The first kappa shape index (κ1) is 30.4. The van der Waals surface area contributed by atoms with Gasteiger partial charge in [-0.25, -0.2) is 0 Å². The zero-order chi connectivity index (χ0) is 26.9. The molecule has 2 atom stereocenters. The highest BCUT2D eigenvalue weighted by molar-refractivity contribution is 7.28. The molecule has 0 bridgehead atoms. The van der Waals surface area contributed by atoms with Crippen LogP contribution < -0.4 is 0 Å². The van der Waals surface area contributed by atoms with Gasteiger partial charge >= 0.3 is 11.9 Å². The number of rotatable bonds is 18. The normalized spacial score (nSPS) is 12.1. The van der Waals surface area contributed by atoms with Gasteiger partial charge in [0.05, 0.1) is 41.2 Å². The lowest BCUT2D eigenvalue weighted by atomic mass is 10.2. The third kappa shape index (κ3) is 9.51. The topological polar surface area (TPSA) is 55.4 Å². The number of hydrogen-bond acceptors (Lipinski definition) is 6. The Bertz CT molecular complexity index is 935. The van der Waals surface area contributed by atoms with E-state index in [0.29, 0.717) is 31.7 Å². The van der Waals surface area contributed by atoms with Crippen molar-refractivity contribution in [2.24, 2.45) is 0 Å². The van der Waals surface area contributed by atoms with Gasteiger partial charge in [0.1, 0.15) is 27.4 Å².